The van der Waals surface area contributed by atoms with Gasteiger partial charge in [-0.15, -0.1) is 0 Å². The van der Waals surface area contributed by atoms with E-state index in [9.17, 15) is 0 Å². The lowest BCUT2D eigenvalue weighted by Crippen LogP contribution is -2.01. The first kappa shape index (κ1) is 12.9. The molecule has 2 aromatic rings. The Bertz CT molecular complexity index is 517. The summed E-state index contributed by atoms with van der Waals surface area (Å²) in [5.41, 5.74) is 1.77. The van der Waals surface area contributed by atoms with E-state index >= 15 is 0 Å². The summed E-state index contributed by atoms with van der Waals surface area (Å²) < 4.78 is 5.70. The standard InChI is InChI=1S/C14H14ClNO2/c15-12-5-7-16-13(9-12)10-18-14-4-2-1-3-11(14)6-8-17/h1-5,7,9,17H,6,8,10H2. The maximum Gasteiger partial charge on any atom is 0.130 e. The molecule has 94 valence electrons. The number of benzene rings is 1. The minimum Gasteiger partial charge on any atom is -0.487 e. The summed E-state index contributed by atoms with van der Waals surface area (Å²) in [7, 11) is 0. The molecule has 1 aromatic carbocycles. The number of hydrogen-bond donors (Lipinski definition) is 1. The van der Waals surface area contributed by atoms with Crippen LogP contribution in [0.2, 0.25) is 5.02 Å². The first-order chi connectivity index (χ1) is 8.79. The summed E-state index contributed by atoms with van der Waals surface area (Å²) in [4.78, 5) is 4.17. The molecule has 0 aliphatic heterocycles. The highest BCUT2D eigenvalue weighted by Gasteiger charge is 2.03. The van der Waals surface area contributed by atoms with Crippen molar-refractivity contribution in [1.29, 1.82) is 0 Å². The number of para-hydroxylation sites is 1. The van der Waals surface area contributed by atoms with Gasteiger partial charge in [-0.1, -0.05) is 29.8 Å². The summed E-state index contributed by atoms with van der Waals surface area (Å²) in [6.45, 7) is 0.471. The van der Waals surface area contributed by atoms with E-state index in [1.807, 2.05) is 24.3 Å². The van der Waals surface area contributed by atoms with Crippen LogP contribution in [-0.2, 0) is 13.0 Å². The number of aliphatic hydroxyl groups excluding tert-OH is 1. The molecule has 0 atom stereocenters. The first-order valence-corrected chi connectivity index (χ1v) is 6.09. The fraction of sp³-hybridized carbons (Fsp3) is 0.214. The number of rotatable bonds is 5. The molecule has 2 rings (SSSR count). The molecule has 4 heteroatoms. The third kappa shape index (κ3) is 3.45. The van der Waals surface area contributed by atoms with Gasteiger partial charge in [-0.3, -0.25) is 4.98 Å². The van der Waals surface area contributed by atoms with Crippen molar-refractivity contribution in [3.8, 4) is 5.75 Å². The van der Waals surface area contributed by atoms with Crippen molar-refractivity contribution < 1.29 is 9.84 Å². The molecule has 0 bridgehead atoms. The quantitative estimate of drug-likeness (QED) is 0.902. The maximum absolute atomic E-state index is 8.98. The van der Waals surface area contributed by atoms with E-state index in [-0.39, 0.29) is 6.61 Å². The van der Waals surface area contributed by atoms with Crippen LogP contribution in [0.4, 0.5) is 0 Å². The van der Waals surface area contributed by atoms with E-state index in [4.69, 9.17) is 21.4 Å². The molecule has 0 saturated carbocycles. The summed E-state index contributed by atoms with van der Waals surface area (Å²) in [5.74, 6) is 0.772. The summed E-state index contributed by atoms with van der Waals surface area (Å²) in [6.07, 6.45) is 2.24. The Morgan fingerprint density at radius 3 is 2.83 bits per heavy atom. The maximum atomic E-state index is 8.98. The number of ether oxygens (including phenoxy) is 1. The molecular formula is C14H14ClNO2. The predicted octanol–water partition coefficient (Wildman–Crippen LogP) is 2.85. The van der Waals surface area contributed by atoms with E-state index in [2.05, 4.69) is 4.98 Å². The van der Waals surface area contributed by atoms with Gasteiger partial charge in [0.05, 0.1) is 5.69 Å². The van der Waals surface area contributed by atoms with Gasteiger partial charge in [0, 0.05) is 17.8 Å². The Balaban J connectivity index is 2.06. The van der Waals surface area contributed by atoms with Gasteiger partial charge in [0.15, 0.2) is 0 Å². The summed E-state index contributed by atoms with van der Waals surface area (Å²) >= 11 is 5.88. The lowest BCUT2D eigenvalue weighted by atomic mass is 10.1. The second kappa shape index (κ2) is 6.38. The van der Waals surface area contributed by atoms with Gasteiger partial charge < -0.3 is 9.84 Å². The predicted molar refractivity (Wildman–Crippen MR) is 70.8 cm³/mol. The Hall–Kier alpha value is -1.58. The normalized spacial score (nSPS) is 10.3. The smallest absolute Gasteiger partial charge is 0.130 e. The van der Waals surface area contributed by atoms with Crippen LogP contribution in [0.3, 0.4) is 0 Å². The molecule has 0 radical (unpaired) electrons. The van der Waals surface area contributed by atoms with Crippen LogP contribution in [-0.4, -0.2) is 16.7 Å². The molecule has 0 unspecified atom stereocenters. The average molecular weight is 264 g/mol. The Labute approximate surface area is 111 Å². The van der Waals surface area contributed by atoms with Crippen molar-refractivity contribution in [2.75, 3.05) is 6.61 Å². The van der Waals surface area contributed by atoms with E-state index in [1.165, 1.54) is 0 Å². The highest BCUT2D eigenvalue weighted by atomic mass is 35.5. The monoisotopic (exact) mass is 263 g/mol. The number of hydrogen-bond acceptors (Lipinski definition) is 3. The summed E-state index contributed by atoms with van der Waals surface area (Å²) in [5, 5.41) is 9.63. The SMILES string of the molecule is OCCc1ccccc1OCc1cc(Cl)ccn1. The van der Waals surface area contributed by atoms with Gasteiger partial charge in [-0.05, 0) is 30.2 Å². The van der Waals surface area contributed by atoms with Crippen molar-refractivity contribution in [3.05, 3.63) is 58.9 Å². The van der Waals surface area contributed by atoms with E-state index < -0.39 is 0 Å². The van der Waals surface area contributed by atoms with Gasteiger partial charge in [-0.25, -0.2) is 0 Å². The number of aliphatic hydroxyl groups is 1. The summed E-state index contributed by atoms with van der Waals surface area (Å²) in [6, 6.07) is 11.2. The molecule has 0 aliphatic rings. The molecular weight excluding hydrogens is 250 g/mol. The van der Waals surface area contributed by atoms with Gasteiger partial charge in [0.25, 0.3) is 0 Å². The van der Waals surface area contributed by atoms with Gasteiger partial charge in [0.2, 0.25) is 0 Å². The molecule has 1 aromatic heterocycles. The zero-order valence-corrected chi connectivity index (χ0v) is 10.6. The molecule has 3 nitrogen and oxygen atoms in total. The molecule has 0 spiro atoms. The zero-order chi connectivity index (χ0) is 12.8. The van der Waals surface area contributed by atoms with E-state index in [0.29, 0.717) is 18.1 Å². The van der Waals surface area contributed by atoms with Crippen LogP contribution in [0.5, 0.6) is 5.75 Å². The Morgan fingerprint density at radius 1 is 1.22 bits per heavy atom. The van der Waals surface area contributed by atoms with E-state index in [1.54, 1.807) is 18.3 Å². The molecule has 0 amide bonds. The van der Waals surface area contributed by atoms with Crippen molar-refractivity contribution >= 4 is 11.6 Å². The number of nitrogens with zero attached hydrogens (tertiary/aromatic N) is 1. The van der Waals surface area contributed by atoms with Gasteiger partial charge >= 0.3 is 0 Å². The minimum absolute atomic E-state index is 0.107. The third-order valence-corrected chi connectivity index (χ3v) is 2.74. The highest BCUT2D eigenvalue weighted by molar-refractivity contribution is 6.30. The van der Waals surface area contributed by atoms with Crippen LogP contribution in [0.25, 0.3) is 0 Å². The molecule has 18 heavy (non-hydrogen) atoms. The zero-order valence-electron chi connectivity index (χ0n) is 9.84. The van der Waals surface area contributed by atoms with Gasteiger partial charge in [-0.2, -0.15) is 0 Å². The lowest BCUT2D eigenvalue weighted by molar-refractivity contribution is 0.282. The minimum atomic E-state index is 0.107. The largest absolute Gasteiger partial charge is 0.487 e. The van der Waals surface area contributed by atoms with Crippen LogP contribution in [0.1, 0.15) is 11.3 Å². The van der Waals surface area contributed by atoms with Crippen LogP contribution < -0.4 is 4.74 Å². The van der Waals surface area contributed by atoms with Crippen molar-refractivity contribution in [2.45, 2.75) is 13.0 Å². The second-order valence-electron chi connectivity index (χ2n) is 3.84. The average Bonchev–Trinajstić information content (AvgIpc) is 2.38. The molecule has 0 saturated heterocycles. The van der Waals surface area contributed by atoms with Crippen LogP contribution in [0.15, 0.2) is 42.6 Å². The lowest BCUT2D eigenvalue weighted by Gasteiger charge is -2.10. The number of pyridine rings is 1. The fourth-order valence-corrected chi connectivity index (χ4v) is 1.83. The first-order valence-electron chi connectivity index (χ1n) is 5.71. The highest BCUT2D eigenvalue weighted by Crippen LogP contribution is 2.19. The molecule has 0 aliphatic carbocycles. The van der Waals surface area contributed by atoms with Gasteiger partial charge in [0.1, 0.15) is 12.4 Å². The molecule has 1 heterocycles. The third-order valence-electron chi connectivity index (χ3n) is 2.51. The van der Waals surface area contributed by atoms with E-state index in [0.717, 1.165) is 17.0 Å². The second-order valence-corrected chi connectivity index (χ2v) is 4.27. The van der Waals surface area contributed by atoms with Crippen molar-refractivity contribution in [3.63, 3.8) is 0 Å². The molecule has 0 fully saturated rings. The van der Waals surface area contributed by atoms with Crippen molar-refractivity contribution in [2.24, 2.45) is 0 Å². The fourth-order valence-electron chi connectivity index (χ4n) is 1.65. The number of halogens is 1. The van der Waals surface area contributed by atoms with Crippen LogP contribution >= 0.6 is 11.6 Å². The number of aromatic nitrogens is 1. The van der Waals surface area contributed by atoms with Crippen LogP contribution in [0, 0.1) is 0 Å². The topological polar surface area (TPSA) is 42.4 Å². The Morgan fingerprint density at radius 2 is 2.06 bits per heavy atom. The van der Waals surface area contributed by atoms with Crippen molar-refractivity contribution in [1.82, 2.24) is 4.98 Å². The molecule has 1 N–H and O–H groups in total. The Kier molecular flexibility index (Phi) is 4.56.